The number of nitrogens with one attached hydrogen (secondary N) is 1. The minimum Gasteiger partial charge on any atom is -0.450 e. The van der Waals surface area contributed by atoms with Crippen molar-refractivity contribution in [2.24, 2.45) is 5.92 Å². The van der Waals surface area contributed by atoms with Crippen molar-refractivity contribution in [2.45, 2.75) is 65.6 Å². The van der Waals surface area contributed by atoms with Gasteiger partial charge in [-0.25, -0.2) is 9.59 Å². The van der Waals surface area contributed by atoms with Gasteiger partial charge in [0.15, 0.2) is 0 Å². The lowest BCUT2D eigenvalue weighted by Crippen LogP contribution is -2.60. The number of amides is 3. The van der Waals surface area contributed by atoms with Crippen molar-refractivity contribution in [3.63, 3.8) is 0 Å². The summed E-state index contributed by atoms with van der Waals surface area (Å²) in [7, 11) is 0. The second kappa shape index (κ2) is 10.3. The van der Waals surface area contributed by atoms with Crippen LogP contribution in [0.15, 0.2) is 0 Å². The number of ether oxygens (including phenoxy) is 2. The molecule has 0 aromatic rings. The second-order valence-electron chi connectivity index (χ2n) is 9.15. The molecule has 30 heavy (non-hydrogen) atoms. The van der Waals surface area contributed by atoms with E-state index in [2.05, 4.69) is 12.2 Å². The average Bonchev–Trinajstić information content (AvgIpc) is 2.66. The van der Waals surface area contributed by atoms with E-state index in [4.69, 9.17) is 9.47 Å². The number of hydrogen-bond donors (Lipinski definition) is 1. The van der Waals surface area contributed by atoms with Crippen LogP contribution >= 0.6 is 0 Å². The molecule has 0 aliphatic carbocycles. The van der Waals surface area contributed by atoms with Gasteiger partial charge in [0.25, 0.3) is 0 Å². The molecule has 9 nitrogen and oxygen atoms in total. The SMILES string of the molecule is CCOC(=O)N1CCN(C(=O)CNC2C(C)CCN(C(=O)OC(C)(C)C)C2C)CC1. The average molecular weight is 427 g/mol. The summed E-state index contributed by atoms with van der Waals surface area (Å²) in [5, 5.41) is 3.37. The molecule has 2 heterocycles. The summed E-state index contributed by atoms with van der Waals surface area (Å²) in [6.45, 7) is 14.7. The van der Waals surface area contributed by atoms with E-state index in [-0.39, 0.29) is 36.7 Å². The highest BCUT2D eigenvalue weighted by Gasteiger charge is 2.37. The molecule has 172 valence electrons. The lowest BCUT2D eigenvalue weighted by Gasteiger charge is -2.43. The third-order valence-corrected chi connectivity index (χ3v) is 5.73. The largest absolute Gasteiger partial charge is 0.450 e. The van der Waals surface area contributed by atoms with Gasteiger partial charge in [0.1, 0.15) is 5.60 Å². The van der Waals surface area contributed by atoms with Gasteiger partial charge in [0.05, 0.1) is 13.2 Å². The predicted octanol–water partition coefficient (Wildman–Crippen LogP) is 1.91. The minimum absolute atomic E-state index is 0.00676. The molecule has 0 spiro atoms. The van der Waals surface area contributed by atoms with Gasteiger partial charge in [0, 0.05) is 44.8 Å². The molecule has 2 rings (SSSR count). The Hall–Kier alpha value is -2.03. The van der Waals surface area contributed by atoms with E-state index in [0.717, 1.165) is 6.42 Å². The number of piperazine rings is 1. The molecule has 0 aromatic carbocycles. The molecule has 3 amide bonds. The van der Waals surface area contributed by atoms with Crippen LogP contribution in [0, 0.1) is 5.92 Å². The Morgan fingerprint density at radius 2 is 1.57 bits per heavy atom. The Kier molecular flexibility index (Phi) is 8.34. The molecule has 1 N–H and O–H groups in total. The lowest BCUT2D eigenvalue weighted by molar-refractivity contribution is -0.132. The molecular weight excluding hydrogens is 388 g/mol. The van der Waals surface area contributed by atoms with Crippen molar-refractivity contribution in [3.05, 3.63) is 0 Å². The first-order valence-electron chi connectivity index (χ1n) is 11.0. The Morgan fingerprint density at radius 1 is 0.967 bits per heavy atom. The summed E-state index contributed by atoms with van der Waals surface area (Å²) < 4.78 is 10.6. The first-order valence-corrected chi connectivity index (χ1v) is 11.0. The fourth-order valence-electron chi connectivity index (χ4n) is 4.02. The third kappa shape index (κ3) is 6.48. The van der Waals surface area contributed by atoms with Gasteiger partial charge >= 0.3 is 12.2 Å². The zero-order valence-corrected chi connectivity index (χ0v) is 19.3. The van der Waals surface area contributed by atoms with Crippen molar-refractivity contribution in [2.75, 3.05) is 45.9 Å². The molecule has 3 atom stereocenters. The van der Waals surface area contributed by atoms with E-state index in [0.29, 0.717) is 45.2 Å². The van der Waals surface area contributed by atoms with Crippen molar-refractivity contribution in [3.8, 4) is 0 Å². The number of nitrogens with zero attached hydrogens (tertiary/aromatic N) is 3. The highest BCUT2D eigenvalue weighted by Crippen LogP contribution is 2.25. The van der Waals surface area contributed by atoms with Gasteiger partial charge < -0.3 is 29.5 Å². The molecule has 0 aromatic heterocycles. The highest BCUT2D eigenvalue weighted by atomic mass is 16.6. The zero-order valence-electron chi connectivity index (χ0n) is 19.3. The molecule has 9 heteroatoms. The number of hydrogen-bond acceptors (Lipinski definition) is 6. The van der Waals surface area contributed by atoms with E-state index in [1.165, 1.54) is 0 Å². The van der Waals surface area contributed by atoms with E-state index in [9.17, 15) is 14.4 Å². The Bertz CT molecular complexity index is 613. The van der Waals surface area contributed by atoms with Gasteiger partial charge in [-0.1, -0.05) is 6.92 Å². The third-order valence-electron chi connectivity index (χ3n) is 5.73. The fraction of sp³-hybridized carbons (Fsp3) is 0.857. The summed E-state index contributed by atoms with van der Waals surface area (Å²) in [6, 6.07) is -0.0619. The number of likely N-dealkylation sites (tertiary alicyclic amines) is 1. The highest BCUT2D eigenvalue weighted by molar-refractivity contribution is 5.79. The Balaban J connectivity index is 1.85. The van der Waals surface area contributed by atoms with Crippen LogP contribution in [0.5, 0.6) is 0 Å². The van der Waals surface area contributed by atoms with Crippen molar-refractivity contribution < 1.29 is 23.9 Å². The molecule has 2 aliphatic heterocycles. The Morgan fingerprint density at radius 3 is 2.13 bits per heavy atom. The van der Waals surface area contributed by atoms with E-state index >= 15 is 0 Å². The van der Waals surface area contributed by atoms with Crippen LogP contribution in [0.1, 0.15) is 48.0 Å². The molecule has 0 radical (unpaired) electrons. The van der Waals surface area contributed by atoms with Crippen molar-refractivity contribution in [1.29, 1.82) is 0 Å². The number of carbonyl (C=O) groups excluding carboxylic acids is 3. The van der Waals surface area contributed by atoms with E-state index < -0.39 is 5.60 Å². The first-order chi connectivity index (χ1) is 14.0. The number of carbonyl (C=O) groups is 3. The van der Waals surface area contributed by atoms with Crippen LogP contribution in [0.2, 0.25) is 0 Å². The monoisotopic (exact) mass is 426 g/mol. The summed E-state index contributed by atoms with van der Waals surface area (Å²) in [5.74, 6) is 0.347. The number of rotatable bonds is 4. The van der Waals surface area contributed by atoms with Crippen LogP contribution in [0.3, 0.4) is 0 Å². The van der Waals surface area contributed by atoms with Gasteiger partial charge in [-0.2, -0.15) is 0 Å². The zero-order chi connectivity index (χ0) is 22.5. The fourth-order valence-corrected chi connectivity index (χ4v) is 4.02. The lowest BCUT2D eigenvalue weighted by atomic mass is 9.87. The topological polar surface area (TPSA) is 91.4 Å². The van der Waals surface area contributed by atoms with Crippen molar-refractivity contribution >= 4 is 18.1 Å². The first kappa shape index (κ1) is 24.2. The smallest absolute Gasteiger partial charge is 0.410 e. The van der Waals surface area contributed by atoms with Crippen LogP contribution in [-0.2, 0) is 14.3 Å². The molecular formula is C21H38N4O5. The Labute approximate surface area is 180 Å². The molecule has 2 fully saturated rings. The molecule has 2 saturated heterocycles. The van der Waals surface area contributed by atoms with Crippen LogP contribution in [-0.4, -0.2) is 96.4 Å². The van der Waals surface area contributed by atoms with E-state index in [1.807, 2.05) is 27.7 Å². The summed E-state index contributed by atoms with van der Waals surface area (Å²) in [4.78, 5) is 42.2. The van der Waals surface area contributed by atoms with Gasteiger partial charge in [-0.3, -0.25) is 4.79 Å². The normalized spacial score (nSPS) is 25.1. The van der Waals surface area contributed by atoms with Crippen molar-refractivity contribution in [1.82, 2.24) is 20.0 Å². The minimum atomic E-state index is -0.537. The summed E-state index contributed by atoms with van der Waals surface area (Å²) in [6.07, 6.45) is 0.220. The molecule has 0 bridgehead atoms. The standard InChI is InChI=1S/C21H38N4O5/c1-7-29-19(27)24-12-10-23(11-13-24)17(26)14-22-18-15(2)8-9-25(16(18)3)20(28)30-21(4,5)6/h15-16,18,22H,7-14H2,1-6H3. The maximum Gasteiger partial charge on any atom is 0.410 e. The summed E-state index contributed by atoms with van der Waals surface area (Å²) >= 11 is 0. The molecule has 0 saturated carbocycles. The van der Waals surface area contributed by atoms with Gasteiger partial charge in [-0.05, 0) is 47.0 Å². The molecule has 3 unspecified atom stereocenters. The van der Waals surface area contributed by atoms with Crippen LogP contribution in [0.4, 0.5) is 9.59 Å². The number of piperidine rings is 1. The van der Waals surface area contributed by atoms with Gasteiger partial charge in [0.2, 0.25) is 5.91 Å². The van der Waals surface area contributed by atoms with Crippen LogP contribution in [0.25, 0.3) is 0 Å². The van der Waals surface area contributed by atoms with E-state index in [1.54, 1.807) is 21.6 Å². The van der Waals surface area contributed by atoms with Gasteiger partial charge in [-0.15, -0.1) is 0 Å². The predicted molar refractivity (Wildman–Crippen MR) is 113 cm³/mol. The molecule has 2 aliphatic rings. The quantitative estimate of drug-likeness (QED) is 0.738. The second-order valence-corrected chi connectivity index (χ2v) is 9.15. The summed E-state index contributed by atoms with van der Waals surface area (Å²) in [5.41, 5.74) is -0.537. The van der Waals surface area contributed by atoms with Crippen LogP contribution < -0.4 is 5.32 Å². The maximum absolute atomic E-state index is 12.7. The maximum atomic E-state index is 12.7.